The van der Waals surface area contributed by atoms with Crippen molar-refractivity contribution in [2.75, 3.05) is 33.4 Å². The third-order valence-corrected chi connectivity index (χ3v) is 3.45. The monoisotopic (exact) mass is 296 g/mol. The predicted molar refractivity (Wildman–Crippen MR) is 76.6 cm³/mol. The van der Waals surface area contributed by atoms with E-state index in [2.05, 4.69) is 5.32 Å². The number of halogens is 1. The Hall–Kier alpha value is -1.66. The number of rotatable bonds is 4. The number of carbonyl (C=O) groups is 1. The van der Waals surface area contributed by atoms with Crippen LogP contribution in [0.15, 0.2) is 18.2 Å². The summed E-state index contributed by atoms with van der Waals surface area (Å²) in [7, 11) is 1.70. The number of nitrogens with one attached hydrogen (secondary N) is 1. The van der Waals surface area contributed by atoms with Gasteiger partial charge >= 0.3 is 6.03 Å². The molecule has 1 fully saturated rings. The van der Waals surface area contributed by atoms with Crippen molar-refractivity contribution in [1.82, 2.24) is 10.2 Å². The molecule has 0 radical (unpaired) electrons. The fraction of sp³-hybridized carbons (Fsp3) is 0.533. The van der Waals surface area contributed by atoms with Crippen LogP contribution in [0.25, 0.3) is 0 Å². The lowest BCUT2D eigenvalue weighted by Gasteiger charge is -2.27. The molecule has 2 rings (SSSR count). The average Bonchev–Trinajstić information content (AvgIpc) is 2.49. The van der Waals surface area contributed by atoms with Gasteiger partial charge in [-0.25, -0.2) is 9.18 Å². The molecule has 0 spiro atoms. The van der Waals surface area contributed by atoms with Crippen LogP contribution in [0.2, 0.25) is 0 Å². The van der Waals surface area contributed by atoms with E-state index in [1.54, 1.807) is 18.0 Å². The zero-order valence-electron chi connectivity index (χ0n) is 12.4. The first kappa shape index (κ1) is 15.7. The highest BCUT2D eigenvalue weighted by molar-refractivity contribution is 5.73. The molecule has 2 amide bonds. The Morgan fingerprint density at radius 2 is 2.29 bits per heavy atom. The normalized spacial score (nSPS) is 18.3. The molecule has 1 aliphatic rings. The summed E-state index contributed by atoms with van der Waals surface area (Å²) in [6.07, 6.45) is -0.0922. The first-order valence-electron chi connectivity index (χ1n) is 6.99. The lowest BCUT2D eigenvalue weighted by molar-refractivity contribution is -0.0928. The van der Waals surface area contributed by atoms with E-state index in [0.29, 0.717) is 32.9 Å². The lowest BCUT2D eigenvalue weighted by atomic mass is 10.1. The van der Waals surface area contributed by atoms with Crippen molar-refractivity contribution >= 4 is 6.03 Å². The summed E-state index contributed by atoms with van der Waals surface area (Å²) in [4.78, 5) is 13.6. The minimum absolute atomic E-state index is 0.0922. The summed E-state index contributed by atoms with van der Waals surface area (Å²) in [5, 5.41) is 2.78. The van der Waals surface area contributed by atoms with Gasteiger partial charge in [0.1, 0.15) is 5.82 Å². The number of hydrogen-bond acceptors (Lipinski definition) is 3. The van der Waals surface area contributed by atoms with Crippen molar-refractivity contribution in [2.45, 2.75) is 19.6 Å². The van der Waals surface area contributed by atoms with Crippen LogP contribution in [0.5, 0.6) is 0 Å². The van der Waals surface area contributed by atoms with E-state index in [9.17, 15) is 9.18 Å². The summed E-state index contributed by atoms with van der Waals surface area (Å²) in [5.41, 5.74) is 1.72. The zero-order chi connectivity index (χ0) is 15.2. The average molecular weight is 296 g/mol. The fourth-order valence-corrected chi connectivity index (χ4v) is 2.17. The molecule has 5 nitrogen and oxygen atoms in total. The third kappa shape index (κ3) is 4.68. The van der Waals surface area contributed by atoms with Crippen LogP contribution in [0, 0.1) is 12.7 Å². The second-order valence-electron chi connectivity index (χ2n) is 5.18. The molecule has 1 saturated heterocycles. The van der Waals surface area contributed by atoms with Crippen LogP contribution in [0.1, 0.15) is 11.1 Å². The van der Waals surface area contributed by atoms with Crippen molar-refractivity contribution in [1.29, 1.82) is 0 Å². The number of ether oxygens (including phenoxy) is 2. The number of benzene rings is 1. The van der Waals surface area contributed by atoms with Crippen molar-refractivity contribution in [2.24, 2.45) is 0 Å². The molecule has 1 aliphatic heterocycles. The highest BCUT2D eigenvalue weighted by atomic mass is 19.1. The number of amides is 2. The van der Waals surface area contributed by atoms with E-state index in [-0.39, 0.29) is 18.0 Å². The van der Waals surface area contributed by atoms with Crippen LogP contribution in [-0.2, 0) is 16.0 Å². The van der Waals surface area contributed by atoms with E-state index in [4.69, 9.17) is 9.47 Å². The predicted octanol–water partition coefficient (Wildman–Crippen LogP) is 1.69. The Balaban J connectivity index is 1.81. The number of nitrogens with zero attached hydrogens (tertiary/aromatic N) is 1. The van der Waals surface area contributed by atoms with E-state index < -0.39 is 0 Å². The van der Waals surface area contributed by atoms with Gasteiger partial charge in [-0.2, -0.15) is 0 Å². The topological polar surface area (TPSA) is 50.8 Å². The molecule has 1 aromatic carbocycles. The largest absolute Gasteiger partial charge is 0.376 e. The minimum Gasteiger partial charge on any atom is -0.376 e. The van der Waals surface area contributed by atoms with Gasteiger partial charge in [-0.05, 0) is 30.2 Å². The van der Waals surface area contributed by atoms with E-state index in [0.717, 1.165) is 11.1 Å². The fourth-order valence-electron chi connectivity index (χ4n) is 2.17. The number of carbonyl (C=O) groups excluding carboxylic acids is 1. The molecule has 6 heteroatoms. The van der Waals surface area contributed by atoms with Gasteiger partial charge in [0.15, 0.2) is 0 Å². The molecular formula is C15H21FN2O3. The Labute approximate surface area is 124 Å². The maximum Gasteiger partial charge on any atom is 0.317 e. The molecule has 1 heterocycles. The third-order valence-electron chi connectivity index (χ3n) is 3.45. The Kier molecular flexibility index (Phi) is 5.52. The van der Waals surface area contributed by atoms with Gasteiger partial charge in [0.05, 0.1) is 32.5 Å². The summed E-state index contributed by atoms with van der Waals surface area (Å²) < 4.78 is 24.0. The first-order valence-corrected chi connectivity index (χ1v) is 6.99. The molecule has 0 aromatic heterocycles. The Morgan fingerprint density at radius 1 is 1.48 bits per heavy atom. The molecule has 1 unspecified atom stereocenters. The molecule has 21 heavy (non-hydrogen) atoms. The van der Waals surface area contributed by atoms with Crippen molar-refractivity contribution in [3.63, 3.8) is 0 Å². The van der Waals surface area contributed by atoms with Gasteiger partial charge in [0.25, 0.3) is 0 Å². The van der Waals surface area contributed by atoms with Gasteiger partial charge in [-0.1, -0.05) is 6.07 Å². The standard InChI is InChI=1S/C15H21FN2O3/c1-11-3-4-13(16)7-12(11)8-17-15(19)18(2)9-14-10-20-5-6-21-14/h3-4,7,14H,5-6,8-10H2,1-2H3,(H,17,19). The van der Waals surface area contributed by atoms with Crippen LogP contribution >= 0.6 is 0 Å². The SMILES string of the molecule is Cc1ccc(F)cc1CNC(=O)N(C)CC1COCCO1. The molecule has 0 aliphatic carbocycles. The van der Waals surface area contributed by atoms with Crippen molar-refractivity contribution in [3.05, 3.63) is 35.1 Å². The van der Waals surface area contributed by atoms with Crippen molar-refractivity contribution < 1.29 is 18.7 Å². The van der Waals surface area contributed by atoms with Crippen molar-refractivity contribution in [3.8, 4) is 0 Å². The number of hydrogen-bond donors (Lipinski definition) is 1. The van der Waals surface area contributed by atoms with E-state index >= 15 is 0 Å². The summed E-state index contributed by atoms with van der Waals surface area (Å²) >= 11 is 0. The molecule has 0 bridgehead atoms. The van der Waals surface area contributed by atoms with Crippen LogP contribution in [0.4, 0.5) is 9.18 Å². The van der Waals surface area contributed by atoms with Crippen LogP contribution in [0.3, 0.4) is 0 Å². The highest BCUT2D eigenvalue weighted by Crippen LogP contribution is 2.10. The molecule has 0 saturated carbocycles. The van der Waals surface area contributed by atoms with Crippen LogP contribution < -0.4 is 5.32 Å². The molecule has 1 aromatic rings. The quantitative estimate of drug-likeness (QED) is 0.920. The smallest absolute Gasteiger partial charge is 0.317 e. The molecule has 1 N–H and O–H groups in total. The number of likely N-dealkylation sites (N-methyl/N-ethyl adjacent to an activating group) is 1. The van der Waals surface area contributed by atoms with Gasteiger partial charge in [0, 0.05) is 13.6 Å². The van der Waals surface area contributed by atoms with E-state index in [1.165, 1.54) is 12.1 Å². The molecule has 116 valence electrons. The lowest BCUT2D eigenvalue weighted by Crippen LogP contribution is -2.44. The first-order chi connectivity index (χ1) is 10.1. The summed E-state index contributed by atoms with van der Waals surface area (Å²) in [6.45, 7) is 4.31. The zero-order valence-corrected chi connectivity index (χ0v) is 12.4. The number of aryl methyl sites for hydroxylation is 1. The Morgan fingerprint density at radius 3 is 3.00 bits per heavy atom. The van der Waals surface area contributed by atoms with Crippen LogP contribution in [-0.4, -0.2) is 50.4 Å². The summed E-state index contributed by atoms with van der Waals surface area (Å²) in [5.74, 6) is -0.300. The number of urea groups is 1. The van der Waals surface area contributed by atoms with Gasteiger partial charge in [-0.15, -0.1) is 0 Å². The van der Waals surface area contributed by atoms with Gasteiger partial charge in [0.2, 0.25) is 0 Å². The second-order valence-corrected chi connectivity index (χ2v) is 5.18. The van der Waals surface area contributed by atoms with Gasteiger partial charge in [-0.3, -0.25) is 0 Å². The minimum atomic E-state index is -0.300. The summed E-state index contributed by atoms with van der Waals surface area (Å²) in [6, 6.07) is 4.34. The van der Waals surface area contributed by atoms with Gasteiger partial charge < -0.3 is 19.7 Å². The second kappa shape index (κ2) is 7.38. The van der Waals surface area contributed by atoms with E-state index in [1.807, 2.05) is 6.92 Å². The maximum absolute atomic E-state index is 13.2. The Bertz CT molecular complexity index is 490. The highest BCUT2D eigenvalue weighted by Gasteiger charge is 2.19. The molecule has 1 atom stereocenters. The maximum atomic E-state index is 13.2. The molecular weight excluding hydrogens is 275 g/mol.